The summed E-state index contributed by atoms with van der Waals surface area (Å²) in [5, 5.41) is 20.1. The highest BCUT2D eigenvalue weighted by Crippen LogP contribution is 2.03. The molecule has 1 aromatic heterocycles. The van der Waals surface area contributed by atoms with Crippen LogP contribution in [0.2, 0.25) is 0 Å². The Morgan fingerprint density at radius 1 is 1.58 bits per heavy atom. The third-order valence-corrected chi connectivity index (χ3v) is 1.00. The van der Waals surface area contributed by atoms with Gasteiger partial charge in [-0.05, 0) is 16.8 Å². The van der Waals surface area contributed by atoms with Crippen LogP contribution >= 0.6 is 11.6 Å². The van der Waals surface area contributed by atoms with Crippen LogP contribution < -0.4 is 5.84 Å². The van der Waals surface area contributed by atoms with Crippen LogP contribution in [-0.4, -0.2) is 20.7 Å². The molecule has 0 aromatic carbocycles. The number of azo groups is 1. The zero-order valence-electron chi connectivity index (χ0n) is 5.79. The summed E-state index contributed by atoms with van der Waals surface area (Å²) in [7, 11) is 0. The number of aromatic nitrogens is 3. The summed E-state index contributed by atoms with van der Waals surface area (Å²) >= 11 is 5.32. The van der Waals surface area contributed by atoms with E-state index in [-0.39, 0.29) is 11.1 Å². The Balaban J connectivity index is 2.70. The highest BCUT2D eigenvalue weighted by molar-refractivity contribution is 6.64. The van der Waals surface area contributed by atoms with Crippen molar-refractivity contribution in [3.05, 3.63) is 12.3 Å². The monoisotopic (exact) mass is 185 g/mol. The maximum absolute atomic E-state index is 5.32. The Hall–Kier alpha value is -1.63. The molecule has 1 aromatic rings. The quantitative estimate of drug-likeness (QED) is 0.171. The van der Waals surface area contributed by atoms with Crippen molar-refractivity contribution in [2.75, 3.05) is 0 Å². The lowest BCUT2D eigenvalue weighted by molar-refractivity contribution is 0.858. The Morgan fingerprint density at radius 3 is 3.00 bits per heavy atom. The fourth-order valence-corrected chi connectivity index (χ4v) is 0.444. The average Bonchev–Trinajstić information content (AvgIpc) is 2.16. The van der Waals surface area contributed by atoms with E-state index in [1.807, 2.05) is 0 Å². The van der Waals surface area contributed by atoms with E-state index in [1.54, 1.807) is 0 Å². The van der Waals surface area contributed by atoms with E-state index in [0.29, 0.717) is 0 Å². The number of amidine groups is 1. The molecule has 0 fully saturated rings. The zero-order valence-corrected chi connectivity index (χ0v) is 6.55. The maximum atomic E-state index is 5.32. The molecule has 0 radical (unpaired) electrons. The van der Waals surface area contributed by atoms with Crippen molar-refractivity contribution >= 4 is 22.7 Å². The number of halogens is 1. The summed E-state index contributed by atoms with van der Waals surface area (Å²) in [5.41, 5.74) is 0. The van der Waals surface area contributed by atoms with Crippen molar-refractivity contribution in [2.45, 2.75) is 0 Å². The molecule has 0 saturated heterocycles. The summed E-state index contributed by atoms with van der Waals surface area (Å²) in [6.07, 6.45) is 1.43. The summed E-state index contributed by atoms with van der Waals surface area (Å²) < 4.78 is 0. The lowest BCUT2D eigenvalue weighted by Gasteiger charge is -1.85. The first-order valence-electron chi connectivity index (χ1n) is 2.82. The summed E-state index contributed by atoms with van der Waals surface area (Å²) in [6, 6.07) is 1.51. The maximum Gasteiger partial charge on any atom is 0.259 e. The van der Waals surface area contributed by atoms with Crippen LogP contribution in [0.25, 0.3) is 0 Å². The molecule has 0 bridgehead atoms. The van der Waals surface area contributed by atoms with Crippen molar-refractivity contribution in [2.24, 2.45) is 21.2 Å². The SMILES string of the molecule is NN=C(Cl)N=Nc1ccnnn1. The van der Waals surface area contributed by atoms with Gasteiger partial charge in [0.1, 0.15) is 0 Å². The molecule has 0 atom stereocenters. The molecule has 2 N–H and O–H groups in total. The first kappa shape index (κ1) is 8.47. The molecule has 7 nitrogen and oxygen atoms in total. The number of rotatable bonds is 1. The normalized spacial score (nSPS) is 12.2. The van der Waals surface area contributed by atoms with Crippen LogP contribution in [0.5, 0.6) is 0 Å². The van der Waals surface area contributed by atoms with Crippen LogP contribution in [-0.2, 0) is 0 Å². The predicted octanol–water partition coefficient (Wildman–Crippen LogP) is 0.424. The lowest BCUT2D eigenvalue weighted by atomic mass is 10.6. The number of nitrogens with zero attached hydrogens (tertiary/aromatic N) is 6. The Labute approximate surface area is 72.3 Å². The van der Waals surface area contributed by atoms with Gasteiger partial charge in [-0.2, -0.15) is 0 Å². The van der Waals surface area contributed by atoms with E-state index in [1.165, 1.54) is 12.3 Å². The van der Waals surface area contributed by atoms with Gasteiger partial charge in [-0.25, -0.2) is 0 Å². The molecule has 8 heteroatoms. The fraction of sp³-hybridized carbons (Fsp3) is 0. The first-order chi connectivity index (χ1) is 5.83. The second-order valence-corrected chi connectivity index (χ2v) is 1.92. The Morgan fingerprint density at radius 2 is 2.42 bits per heavy atom. The third kappa shape index (κ3) is 2.54. The van der Waals surface area contributed by atoms with Crippen LogP contribution in [0.15, 0.2) is 27.6 Å². The third-order valence-electron chi connectivity index (χ3n) is 0.831. The molecule has 0 unspecified atom stereocenters. The van der Waals surface area contributed by atoms with Crippen LogP contribution in [0.4, 0.5) is 5.82 Å². The number of hydrogen-bond donors (Lipinski definition) is 1. The molecule has 0 amide bonds. The van der Waals surface area contributed by atoms with Gasteiger partial charge in [-0.1, -0.05) is 0 Å². The second-order valence-electron chi connectivity index (χ2n) is 1.58. The molecule has 1 rings (SSSR count). The van der Waals surface area contributed by atoms with Gasteiger partial charge in [0.2, 0.25) is 0 Å². The fourth-order valence-electron chi connectivity index (χ4n) is 0.406. The smallest absolute Gasteiger partial charge is 0.259 e. The molecule has 0 aliphatic heterocycles. The molecule has 0 spiro atoms. The van der Waals surface area contributed by atoms with E-state index >= 15 is 0 Å². The number of nitrogens with two attached hydrogens (primary N) is 1. The molecule has 62 valence electrons. The Bertz CT molecular complexity index is 294. The minimum Gasteiger partial charge on any atom is -0.320 e. The Kier molecular flexibility index (Phi) is 3.03. The second kappa shape index (κ2) is 4.29. The lowest BCUT2D eigenvalue weighted by Crippen LogP contribution is -1.87. The van der Waals surface area contributed by atoms with E-state index in [2.05, 4.69) is 30.7 Å². The molecule has 0 aliphatic rings. The van der Waals surface area contributed by atoms with Crippen molar-refractivity contribution in [1.82, 2.24) is 15.4 Å². The van der Waals surface area contributed by atoms with E-state index in [0.717, 1.165) is 0 Å². The van der Waals surface area contributed by atoms with E-state index in [4.69, 9.17) is 17.4 Å². The zero-order chi connectivity index (χ0) is 8.81. The van der Waals surface area contributed by atoms with Crippen LogP contribution in [0.1, 0.15) is 0 Å². The summed E-state index contributed by atoms with van der Waals surface area (Å²) in [5.74, 6) is 5.07. The van der Waals surface area contributed by atoms with Gasteiger partial charge in [0, 0.05) is 6.07 Å². The van der Waals surface area contributed by atoms with Gasteiger partial charge in [0.25, 0.3) is 5.29 Å². The van der Waals surface area contributed by atoms with Crippen molar-refractivity contribution < 1.29 is 0 Å². The molecular formula is C4H4ClN7. The van der Waals surface area contributed by atoms with Gasteiger partial charge < -0.3 is 5.84 Å². The topological polar surface area (TPSA) is 102 Å². The minimum atomic E-state index is -0.159. The number of hydrogen-bond acceptors (Lipinski definition) is 6. The van der Waals surface area contributed by atoms with Gasteiger partial charge in [-0.15, -0.1) is 25.5 Å². The van der Waals surface area contributed by atoms with Crippen molar-refractivity contribution in [1.29, 1.82) is 0 Å². The number of hydrazone groups is 1. The van der Waals surface area contributed by atoms with Gasteiger partial charge in [0.05, 0.1) is 6.20 Å². The predicted molar refractivity (Wildman–Crippen MR) is 41.8 cm³/mol. The van der Waals surface area contributed by atoms with Crippen molar-refractivity contribution in [3.8, 4) is 0 Å². The van der Waals surface area contributed by atoms with Crippen LogP contribution in [0, 0.1) is 0 Å². The summed E-state index contributed by atoms with van der Waals surface area (Å²) in [6.45, 7) is 0. The van der Waals surface area contributed by atoms with Gasteiger partial charge in [-0.3, -0.25) is 0 Å². The van der Waals surface area contributed by atoms with E-state index in [9.17, 15) is 0 Å². The first-order valence-corrected chi connectivity index (χ1v) is 3.20. The summed E-state index contributed by atoms with van der Waals surface area (Å²) in [4.78, 5) is 0. The van der Waals surface area contributed by atoms with Gasteiger partial charge >= 0.3 is 0 Å². The molecule has 0 saturated carbocycles. The standard InChI is InChI=1S/C4H4ClN7/c5-4(8-6)11-9-3-1-2-7-12-10-3/h1-2H,6H2. The molecular weight excluding hydrogens is 182 g/mol. The molecule has 0 aliphatic carbocycles. The highest BCUT2D eigenvalue weighted by atomic mass is 35.5. The van der Waals surface area contributed by atoms with Gasteiger partial charge in [0.15, 0.2) is 5.82 Å². The largest absolute Gasteiger partial charge is 0.320 e. The van der Waals surface area contributed by atoms with Crippen LogP contribution in [0.3, 0.4) is 0 Å². The molecule has 12 heavy (non-hydrogen) atoms. The highest BCUT2D eigenvalue weighted by Gasteiger charge is 1.90. The minimum absolute atomic E-state index is 0.159. The average molecular weight is 186 g/mol. The van der Waals surface area contributed by atoms with E-state index < -0.39 is 0 Å². The molecule has 1 heterocycles. The van der Waals surface area contributed by atoms with Crippen molar-refractivity contribution in [3.63, 3.8) is 0 Å².